The largest absolute Gasteiger partial charge is 0.478 e. The lowest BCUT2D eigenvalue weighted by Crippen LogP contribution is -2.05. The van der Waals surface area contributed by atoms with Crippen molar-refractivity contribution < 1.29 is 9.90 Å². The minimum Gasteiger partial charge on any atom is -0.478 e. The zero-order valence-corrected chi connectivity index (χ0v) is 8.03. The second-order valence-electron chi connectivity index (χ2n) is 3.04. The Morgan fingerprint density at radius 2 is 2.36 bits per heavy atom. The lowest BCUT2D eigenvalue weighted by atomic mass is 10.1. The molecule has 0 bridgehead atoms. The fraction of sp³-hybridized carbons (Fsp3) is 0.182. The summed E-state index contributed by atoms with van der Waals surface area (Å²) in [4.78, 5) is 10.1. The first-order valence-electron chi connectivity index (χ1n) is 4.37. The first-order valence-corrected chi connectivity index (χ1v) is 4.37. The van der Waals surface area contributed by atoms with Crippen molar-refractivity contribution in [3.63, 3.8) is 0 Å². The molecule has 0 saturated heterocycles. The van der Waals surface area contributed by atoms with E-state index in [1.165, 1.54) is 11.8 Å². The third-order valence-electron chi connectivity index (χ3n) is 1.73. The monoisotopic (exact) mass is 191 g/mol. The van der Waals surface area contributed by atoms with E-state index in [1.54, 1.807) is 0 Å². The van der Waals surface area contributed by atoms with E-state index in [0.717, 1.165) is 11.6 Å². The molecule has 2 N–H and O–H groups in total. The molecular weight excluding hydrogens is 178 g/mol. The molecule has 0 fully saturated rings. The van der Waals surface area contributed by atoms with Crippen molar-refractivity contribution in [3.8, 4) is 0 Å². The van der Waals surface area contributed by atoms with Gasteiger partial charge in [0.25, 0.3) is 0 Å². The first kappa shape index (κ1) is 10.3. The van der Waals surface area contributed by atoms with Gasteiger partial charge < -0.3 is 10.4 Å². The summed E-state index contributed by atoms with van der Waals surface area (Å²) in [6.07, 6.45) is 2.51. The van der Waals surface area contributed by atoms with Gasteiger partial charge in [-0.2, -0.15) is 0 Å². The molecule has 14 heavy (non-hydrogen) atoms. The third-order valence-corrected chi connectivity index (χ3v) is 1.73. The average Bonchev–Trinajstić information content (AvgIpc) is 2.12. The van der Waals surface area contributed by atoms with Crippen LogP contribution in [0, 0.1) is 6.92 Å². The van der Waals surface area contributed by atoms with E-state index >= 15 is 0 Å². The van der Waals surface area contributed by atoms with Crippen molar-refractivity contribution in [2.45, 2.75) is 13.5 Å². The summed E-state index contributed by atoms with van der Waals surface area (Å²) in [5, 5.41) is 11.2. The van der Waals surface area contributed by atoms with Gasteiger partial charge in [-0.25, -0.2) is 4.79 Å². The topological polar surface area (TPSA) is 49.3 Å². The number of aryl methyl sites for hydroxylation is 1. The van der Waals surface area contributed by atoms with E-state index in [2.05, 4.69) is 11.4 Å². The molecule has 3 heteroatoms. The van der Waals surface area contributed by atoms with Gasteiger partial charge in [-0.1, -0.05) is 29.8 Å². The maximum atomic E-state index is 10.1. The van der Waals surface area contributed by atoms with Crippen LogP contribution in [0.2, 0.25) is 0 Å². The van der Waals surface area contributed by atoms with Crippen molar-refractivity contribution >= 4 is 5.97 Å². The molecule has 1 aromatic carbocycles. The molecule has 1 rings (SSSR count). The molecule has 0 spiro atoms. The normalized spacial score (nSPS) is 10.4. The van der Waals surface area contributed by atoms with Gasteiger partial charge in [-0.15, -0.1) is 0 Å². The number of carboxylic acids is 1. The predicted molar refractivity (Wildman–Crippen MR) is 54.8 cm³/mol. The Balaban J connectivity index is 2.42. The highest BCUT2D eigenvalue weighted by Gasteiger charge is 1.90. The number of benzene rings is 1. The van der Waals surface area contributed by atoms with Crippen LogP contribution in [-0.4, -0.2) is 11.1 Å². The first-order chi connectivity index (χ1) is 6.68. The number of rotatable bonds is 4. The fourth-order valence-electron chi connectivity index (χ4n) is 1.13. The number of carbonyl (C=O) groups is 1. The van der Waals surface area contributed by atoms with Crippen molar-refractivity contribution in [2.75, 3.05) is 0 Å². The van der Waals surface area contributed by atoms with Gasteiger partial charge in [0.05, 0.1) is 0 Å². The van der Waals surface area contributed by atoms with Crippen LogP contribution in [0.4, 0.5) is 0 Å². The fourth-order valence-corrected chi connectivity index (χ4v) is 1.13. The Kier molecular flexibility index (Phi) is 3.73. The minimum absolute atomic E-state index is 0.644. The number of nitrogens with one attached hydrogen (secondary N) is 1. The zero-order valence-electron chi connectivity index (χ0n) is 8.03. The predicted octanol–water partition coefficient (Wildman–Crippen LogP) is 1.68. The van der Waals surface area contributed by atoms with Gasteiger partial charge in [0.15, 0.2) is 0 Å². The summed E-state index contributed by atoms with van der Waals surface area (Å²) in [6.45, 7) is 2.67. The molecule has 3 nitrogen and oxygen atoms in total. The Bertz CT molecular complexity index is 345. The molecule has 1 aromatic rings. The average molecular weight is 191 g/mol. The maximum Gasteiger partial charge on any atom is 0.329 e. The highest BCUT2D eigenvalue weighted by molar-refractivity contribution is 5.79. The molecule has 0 aliphatic heterocycles. The number of carboxylic acid groups (broad SMARTS) is 1. The Morgan fingerprint density at radius 3 is 3.00 bits per heavy atom. The summed E-state index contributed by atoms with van der Waals surface area (Å²) in [5.74, 6) is -0.943. The summed E-state index contributed by atoms with van der Waals surface area (Å²) in [7, 11) is 0. The molecular formula is C11H13NO2. The SMILES string of the molecule is Cc1cccc(CN/C=C/C(=O)O)c1. The standard InChI is InChI=1S/C11H13NO2/c1-9-3-2-4-10(7-9)8-12-6-5-11(13)14/h2-7,12H,8H2,1H3,(H,13,14)/b6-5+. The molecule has 74 valence electrons. The van der Waals surface area contributed by atoms with Crippen LogP contribution in [0.1, 0.15) is 11.1 Å². The maximum absolute atomic E-state index is 10.1. The summed E-state index contributed by atoms with van der Waals surface area (Å²) >= 11 is 0. The van der Waals surface area contributed by atoms with Crippen LogP contribution in [0.25, 0.3) is 0 Å². The quantitative estimate of drug-likeness (QED) is 0.712. The highest BCUT2D eigenvalue weighted by atomic mass is 16.4. The van der Waals surface area contributed by atoms with Crippen molar-refractivity contribution in [1.29, 1.82) is 0 Å². The van der Waals surface area contributed by atoms with E-state index in [9.17, 15) is 4.79 Å². The van der Waals surface area contributed by atoms with Gasteiger partial charge in [0.2, 0.25) is 0 Å². The van der Waals surface area contributed by atoms with Crippen LogP contribution in [-0.2, 0) is 11.3 Å². The van der Waals surface area contributed by atoms with Gasteiger partial charge in [-0.3, -0.25) is 0 Å². The molecule has 0 aromatic heterocycles. The van der Waals surface area contributed by atoms with Gasteiger partial charge in [0.1, 0.15) is 0 Å². The number of hydrogen-bond donors (Lipinski definition) is 2. The summed E-state index contributed by atoms with van der Waals surface area (Å²) in [6, 6.07) is 8.06. The second kappa shape index (κ2) is 5.07. The Labute approximate surface area is 83.1 Å². The molecule has 0 aliphatic carbocycles. The number of aliphatic carboxylic acids is 1. The molecule has 0 atom stereocenters. The summed E-state index contributed by atoms with van der Waals surface area (Å²) in [5.41, 5.74) is 2.34. The lowest BCUT2D eigenvalue weighted by Gasteiger charge is -2.01. The smallest absolute Gasteiger partial charge is 0.329 e. The second-order valence-corrected chi connectivity index (χ2v) is 3.04. The third kappa shape index (κ3) is 3.76. The Morgan fingerprint density at radius 1 is 1.57 bits per heavy atom. The van der Waals surface area contributed by atoms with Crippen LogP contribution < -0.4 is 5.32 Å². The van der Waals surface area contributed by atoms with Crippen LogP contribution in [0.3, 0.4) is 0 Å². The van der Waals surface area contributed by atoms with Gasteiger partial charge in [0, 0.05) is 18.8 Å². The highest BCUT2D eigenvalue weighted by Crippen LogP contribution is 2.02. The van der Waals surface area contributed by atoms with E-state index in [1.807, 2.05) is 25.1 Å². The van der Waals surface area contributed by atoms with Crippen molar-refractivity contribution in [3.05, 3.63) is 47.7 Å². The van der Waals surface area contributed by atoms with Crippen molar-refractivity contribution in [1.82, 2.24) is 5.32 Å². The van der Waals surface area contributed by atoms with Crippen LogP contribution in [0.5, 0.6) is 0 Å². The van der Waals surface area contributed by atoms with Gasteiger partial charge in [-0.05, 0) is 12.5 Å². The molecule has 0 saturated carbocycles. The van der Waals surface area contributed by atoms with Crippen molar-refractivity contribution in [2.24, 2.45) is 0 Å². The van der Waals surface area contributed by atoms with Gasteiger partial charge >= 0.3 is 5.97 Å². The summed E-state index contributed by atoms with van der Waals surface area (Å²) < 4.78 is 0. The molecule has 0 aliphatic rings. The molecule has 0 heterocycles. The van der Waals surface area contributed by atoms with E-state index < -0.39 is 5.97 Å². The number of hydrogen-bond acceptors (Lipinski definition) is 2. The van der Waals surface area contributed by atoms with E-state index in [0.29, 0.717) is 6.54 Å². The lowest BCUT2D eigenvalue weighted by molar-refractivity contribution is -0.131. The minimum atomic E-state index is -0.943. The van der Waals surface area contributed by atoms with E-state index in [4.69, 9.17) is 5.11 Å². The van der Waals surface area contributed by atoms with Crippen LogP contribution >= 0.6 is 0 Å². The Hall–Kier alpha value is -1.77. The van der Waals surface area contributed by atoms with E-state index in [-0.39, 0.29) is 0 Å². The molecule has 0 amide bonds. The molecule has 0 radical (unpaired) electrons. The van der Waals surface area contributed by atoms with Crippen LogP contribution in [0.15, 0.2) is 36.5 Å². The zero-order chi connectivity index (χ0) is 10.4. The molecule has 0 unspecified atom stereocenters.